The van der Waals surface area contributed by atoms with Crippen LogP contribution >= 0.6 is 11.3 Å². The Morgan fingerprint density at radius 1 is 1.55 bits per heavy atom. The quantitative estimate of drug-likeness (QED) is 0.879. The molecule has 0 radical (unpaired) electrons. The van der Waals surface area contributed by atoms with E-state index < -0.39 is 5.97 Å². The first-order chi connectivity index (χ1) is 9.63. The van der Waals surface area contributed by atoms with Crippen molar-refractivity contribution in [3.05, 3.63) is 34.8 Å². The van der Waals surface area contributed by atoms with Gasteiger partial charge in [0.15, 0.2) is 0 Å². The summed E-state index contributed by atoms with van der Waals surface area (Å²) in [5, 5.41) is 19.4. The highest BCUT2D eigenvalue weighted by atomic mass is 32.1. The van der Waals surface area contributed by atoms with Gasteiger partial charge in [-0.25, -0.2) is 0 Å². The van der Waals surface area contributed by atoms with Gasteiger partial charge in [-0.2, -0.15) is 16.4 Å². The molecule has 0 bridgehead atoms. The highest BCUT2D eigenvalue weighted by Gasteiger charge is 2.44. The Balaban J connectivity index is 1.57. The molecule has 20 heavy (non-hydrogen) atoms. The third-order valence-corrected chi connectivity index (χ3v) is 4.00. The number of nitrogens with zero attached hydrogens (tertiary/aromatic N) is 2. The number of anilines is 1. The lowest BCUT2D eigenvalue weighted by atomic mass is 10.2. The van der Waals surface area contributed by atoms with Gasteiger partial charge in [-0.15, -0.1) is 0 Å². The van der Waals surface area contributed by atoms with E-state index in [4.69, 9.17) is 5.11 Å². The van der Waals surface area contributed by atoms with E-state index in [2.05, 4.69) is 15.8 Å². The molecular weight excluding hydrogens is 278 g/mol. The van der Waals surface area contributed by atoms with E-state index in [1.807, 2.05) is 11.4 Å². The molecule has 0 saturated heterocycles. The first-order valence-corrected chi connectivity index (χ1v) is 7.15. The average Bonchev–Trinajstić information content (AvgIpc) is 2.82. The predicted molar refractivity (Wildman–Crippen MR) is 73.7 cm³/mol. The summed E-state index contributed by atoms with van der Waals surface area (Å²) in [5.74, 6) is -0.676. The SMILES string of the molecule is O=C(O)Cn1cc(NC(=O)[C@@H]2C[C@H]2c2ccsc2)cn1. The molecule has 0 unspecified atom stereocenters. The Morgan fingerprint density at radius 3 is 3.10 bits per heavy atom. The Labute approximate surface area is 119 Å². The van der Waals surface area contributed by atoms with Crippen LogP contribution in [0.5, 0.6) is 0 Å². The van der Waals surface area contributed by atoms with Crippen LogP contribution in [-0.2, 0) is 16.1 Å². The fourth-order valence-electron chi connectivity index (χ4n) is 2.23. The zero-order chi connectivity index (χ0) is 14.1. The number of carboxylic acids is 1. The fraction of sp³-hybridized carbons (Fsp3) is 0.308. The topological polar surface area (TPSA) is 84.2 Å². The number of nitrogens with one attached hydrogen (secondary N) is 1. The zero-order valence-electron chi connectivity index (χ0n) is 10.5. The lowest BCUT2D eigenvalue weighted by Crippen LogP contribution is -2.14. The Kier molecular flexibility index (Phi) is 3.27. The minimum Gasteiger partial charge on any atom is -0.480 e. The van der Waals surface area contributed by atoms with Gasteiger partial charge in [0.2, 0.25) is 5.91 Å². The second-order valence-corrected chi connectivity index (χ2v) is 5.59. The minimum atomic E-state index is -0.967. The van der Waals surface area contributed by atoms with Crippen LogP contribution < -0.4 is 5.32 Å². The van der Waals surface area contributed by atoms with Crippen LogP contribution in [0, 0.1) is 5.92 Å². The van der Waals surface area contributed by atoms with Gasteiger partial charge in [0, 0.05) is 12.1 Å². The monoisotopic (exact) mass is 291 g/mol. The van der Waals surface area contributed by atoms with E-state index in [0.29, 0.717) is 11.6 Å². The number of carbonyl (C=O) groups excluding carboxylic acids is 1. The van der Waals surface area contributed by atoms with Gasteiger partial charge in [-0.1, -0.05) is 0 Å². The number of carbonyl (C=O) groups is 2. The summed E-state index contributed by atoms with van der Waals surface area (Å²) in [6, 6.07) is 2.05. The van der Waals surface area contributed by atoms with Crippen LogP contribution in [0.2, 0.25) is 0 Å². The van der Waals surface area contributed by atoms with Crippen molar-refractivity contribution in [3.63, 3.8) is 0 Å². The molecule has 1 aliphatic carbocycles. The molecular formula is C13H13N3O3S. The van der Waals surface area contributed by atoms with Crippen molar-refractivity contribution >= 4 is 28.9 Å². The molecule has 6 nitrogen and oxygen atoms in total. The third-order valence-electron chi connectivity index (χ3n) is 3.30. The smallest absolute Gasteiger partial charge is 0.325 e. The van der Waals surface area contributed by atoms with Crippen LogP contribution in [-0.4, -0.2) is 26.8 Å². The summed E-state index contributed by atoms with van der Waals surface area (Å²) in [5.41, 5.74) is 1.75. The summed E-state index contributed by atoms with van der Waals surface area (Å²) in [6.45, 7) is -0.211. The molecule has 2 aromatic rings. The van der Waals surface area contributed by atoms with Gasteiger partial charge in [0.1, 0.15) is 6.54 Å². The number of hydrogen-bond donors (Lipinski definition) is 2. The normalized spacial score (nSPS) is 20.6. The highest BCUT2D eigenvalue weighted by molar-refractivity contribution is 7.08. The third kappa shape index (κ3) is 2.72. The standard InChI is InChI=1S/C13H13N3O3S/c17-12(18)6-16-5-9(4-14-16)15-13(19)11-3-10(11)8-1-2-20-7-8/h1-2,4-5,7,10-11H,3,6H2,(H,15,19)(H,17,18)/t10-,11+/m0/s1. The van der Waals surface area contributed by atoms with Gasteiger partial charge in [0.05, 0.1) is 11.9 Å². The van der Waals surface area contributed by atoms with E-state index >= 15 is 0 Å². The van der Waals surface area contributed by atoms with Crippen LogP contribution in [0.15, 0.2) is 29.2 Å². The van der Waals surface area contributed by atoms with Crippen molar-refractivity contribution in [2.75, 3.05) is 5.32 Å². The van der Waals surface area contributed by atoms with Crippen molar-refractivity contribution in [1.82, 2.24) is 9.78 Å². The number of aromatic nitrogens is 2. The van der Waals surface area contributed by atoms with E-state index in [1.54, 1.807) is 11.3 Å². The van der Waals surface area contributed by atoms with Gasteiger partial charge in [0.25, 0.3) is 0 Å². The molecule has 0 spiro atoms. The van der Waals surface area contributed by atoms with E-state index in [1.165, 1.54) is 22.6 Å². The second-order valence-electron chi connectivity index (χ2n) is 4.81. The molecule has 3 rings (SSSR count). The van der Waals surface area contributed by atoms with Crippen LogP contribution in [0.25, 0.3) is 0 Å². The number of rotatable bonds is 5. The van der Waals surface area contributed by atoms with Crippen molar-refractivity contribution in [2.45, 2.75) is 18.9 Å². The van der Waals surface area contributed by atoms with Crippen LogP contribution in [0.3, 0.4) is 0 Å². The first-order valence-electron chi connectivity index (χ1n) is 6.20. The molecule has 2 heterocycles. The molecule has 1 saturated carbocycles. The Hall–Kier alpha value is -2.15. The average molecular weight is 291 g/mol. The van der Waals surface area contributed by atoms with Gasteiger partial charge in [-0.05, 0) is 34.7 Å². The van der Waals surface area contributed by atoms with Crippen molar-refractivity contribution in [3.8, 4) is 0 Å². The van der Waals surface area contributed by atoms with Crippen molar-refractivity contribution < 1.29 is 14.7 Å². The zero-order valence-corrected chi connectivity index (χ0v) is 11.3. The molecule has 0 aliphatic heterocycles. The van der Waals surface area contributed by atoms with E-state index in [9.17, 15) is 9.59 Å². The van der Waals surface area contributed by atoms with Crippen LogP contribution in [0.1, 0.15) is 17.9 Å². The summed E-state index contributed by atoms with van der Waals surface area (Å²) in [7, 11) is 0. The number of amides is 1. The number of hydrogen-bond acceptors (Lipinski definition) is 4. The maximum Gasteiger partial charge on any atom is 0.325 e. The maximum atomic E-state index is 12.1. The summed E-state index contributed by atoms with van der Waals surface area (Å²) in [6.07, 6.45) is 3.85. The molecule has 1 fully saturated rings. The highest BCUT2D eigenvalue weighted by Crippen LogP contribution is 2.48. The Morgan fingerprint density at radius 2 is 2.40 bits per heavy atom. The number of aliphatic carboxylic acids is 1. The summed E-state index contributed by atoms with van der Waals surface area (Å²) in [4.78, 5) is 22.6. The molecule has 2 aromatic heterocycles. The summed E-state index contributed by atoms with van der Waals surface area (Å²) < 4.78 is 1.28. The molecule has 1 aliphatic rings. The first kappa shape index (κ1) is 12.9. The largest absolute Gasteiger partial charge is 0.480 e. The van der Waals surface area contributed by atoms with E-state index in [0.717, 1.165) is 6.42 Å². The lowest BCUT2D eigenvalue weighted by molar-refractivity contribution is -0.137. The molecule has 7 heteroatoms. The fourth-order valence-corrected chi connectivity index (χ4v) is 2.95. The summed E-state index contributed by atoms with van der Waals surface area (Å²) >= 11 is 1.63. The molecule has 104 valence electrons. The van der Waals surface area contributed by atoms with E-state index in [-0.39, 0.29) is 18.4 Å². The second kappa shape index (κ2) is 5.09. The molecule has 1 amide bonds. The maximum absolute atomic E-state index is 12.1. The number of carboxylic acid groups (broad SMARTS) is 1. The minimum absolute atomic E-state index is 0.00687. The molecule has 2 atom stereocenters. The van der Waals surface area contributed by atoms with Gasteiger partial charge < -0.3 is 10.4 Å². The van der Waals surface area contributed by atoms with Crippen LogP contribution in [0.4, 0.5) is 5.69 Å². The lowest BCUT2D eigenvalue weighted by Gasteiger charge is -2.01. The molecule has 0 aromatic carbocycles. The van der Waals surface area contributed by atoms with Crippen molar-refractivity contribution in [2.24, 2.45) is 5.92 Å². The predicted octanol–water partition coefficient (Wildman–Crippen LogP) is 1.77. The van der Waals surface area contributed by atoms with Gasteiger partial charge >= 0.3 is 5.97 Å². The van der Waals surface area contributed by atoms with Gasteiger partial charge in [-0.3, -0.25) is 14.3 Å². The number of thiophene rings is 1. The molecule has 2 N–H and O–H groups in total. The van der Waals surface area contributed by atoms with Crippen molar-refractivity contribution in [1.29, 1.82) is 0 Å². The Bertz CT molecular complexity index is 635.